The molecule has 0 saturated heterocycles. The Bertz CT molecular complexity index is 369. The minimum absolute atomic E-state index is 0.0449. The molecule has 0 unspecified atom stereocenters. The first-order valence-corrected chi connectivity index (χ1v) is 6.64. The number of rotatable bonds is 4. The van der Waals surface area contributed by atoms with Crippen molar-refractivity contribution >= 4 is 5.97 Å². The molecule has 3 nitrogen and oxygen atoms in total. The van der Waals surface area contributed by atoms with Crippen molar-refractivity contribution in [1.29, 1.82) is 0 Å². The van der Waals surface area contributed by atoms with Gasteiger partial charge in [0.05, 0.1) is 13.0 Å². The van der Waals surface area contributed by atoms with Gasteiger partial charge in [0.2, 0.25) is 0 Å². The minimum atomic E-state index is -0.0449. The zero-order chi connectivity index (χ0) is 12.8. The summed E-state index contributed by atoms with van der Waals surface area (Å²) in [6, 6.07) is 11.0. The third kappa shape index (κ3) is 3.57. The lowest BCUT2D eigenvalue weighted by molar-refractivity contribution is -0.146. The third-order valence-corrected chi connectivity index (χ3v) is 3.70. The van der Waals surface area contributed by atoms with Gasteiger partial charge in [-0.25, -0.2) is 0 Å². The number of carbonyl (C=O) groups is 1. The Morgan fingerprint density at radius 2 is 1.89 bits per heavy atom. The first-order chi connectivity index (χ1) is 8.79. The van der Waals surface area contributed by atoms with Gasteiger partial charge in [-0.1, -0.05) is 30.3 Å². The molecule has 0 amide bonds. The lowest BCUT2D eigenvalue weighted by Crippen LogP contribution is -2.34. The molecule has 2 rings (SSSR count). The second kappa shape index (κ2) is 6.55. The van der Waals surface area contributed by atoms with Crippen LogP contribution in [0, 0.1) is 5.92 Å². The van der Waals surface area contributed by atoms with E-state index in [0.717, 1.165) is 32.2 Å². The monoisotopic (exact) mass is 247 g/mol. The average Bonchev–Trinajstić information content (AvgIpc) is 2.46. The molecule has 0 spiro atoms. The molecular formula is C15H21NO2. The molecule has 0 radical (unpaired) electrons. The largest absolute Gasteiger partial charge is 0.469 e. The van der Waals surface area contributed by atoms with Gasteiger partial charge in [-0.3, -0.25) is 4.79 Å². The van der Waals surface area contributed by atoms with Crippen molar-refractivity contribution in [2.45, 2.75) is 38.3 Å². The van der Waals surface area contributed by atoms with Crippen LogP contribution in [-0.2, 0) is 16.1 Å². The quantitative estimate of drug-likeness (QED) is 0.831. The topological polar surface area (TPSA) is 38.3 Å². The van der Waals surface area contributed by atoms with Crippen molar-refractivity contribution in [1.82, 2.24) is 5.32 Å². The number of hydrogen-bond donors (Lipinski definition) is 1. The van der Waals surface area contributed by atoms with Gasteiger partial charge in [0, 0.05) is 12.6 Å². The van der Waals surface area contributed by atoms with Crippen LogP contribution in [0.3, 0.4) is 0 Å². The molecule has 0 heterocycles. The standard InChI is InChI=1S/C15H21NO2/c1-18-15(17)13-7-9-14(10-8-13)16-11-12-5-3-2-4-6-12/h2-6,13-14,16H,7-11H2,1H3. The van der Waals surface area contributed by atoms with Crippen LogP contribution in [0.4, 0.5) is 0 Å². The van der Waals surface area contributed by atoms with Gasteiger partial charge in [-0.2, -0.15) is 0 Å². The predicted octanol–water partition coefficient (Wildman–Crippen LogP) is 2.51. The Balaban J connectivity index is 1.72. The molecule has 0 bridgehead atoms. The molecule has 98 valence electrons. The van der Waals surface area contributed by atoms with E-state index in [2.05, 4.69) is 29.6 Å². The van der Waals surface area contributed by atoms with Crippen molar-refractivity contribution in [3.63, 3.8) is 0 Å². The van der Waals surface area contributed by atoms with Crippen LogP contribution < -0.4 is 5.32 Å². The molecule has 1 aromatic rings. The summed E-state index contributed by atoms with van der Waals surface area (Å²) in [7, 11) is 1.47. The van der Waals surface area contributed by atoms with Gasteiger partial charge >= 0.3 is 5.97 Å². The maximum atomic E-state index is 11.4. The third-order valence-electron chi connectivity index (χ3n) is 3.70. The molecule has 18 heavy (non-hydrogen) atoms. The lowest BCUT2D eigenvalue weighted by atomic mass is 9.86. The molecule has 0 atom stereocenters. The number of carbonyl (C=O) groups excluding carboxylic acids is 1. The van der Waals surface area contributed by atoms with E-state index in [1.54, 1.807) is 0 Å². The van der Waals surface area contributed by atoms with Crippen LogP contribution in [0.15, 0.2) is 30.3 Å². The highest BCUT2D eigenvalue weighted by Gasteiger charge is 2.26. The molecule has 1 N–H and O–H groups in total. The van der Waals surface area contributed by atoms with Crippen molar-refractivity contribution in [2.24, 2.45) is 5.92 Å². The molecule has 1 fully saturated rings. The van der Waals surface area contributed by atoms with Gasteiger partial charge in [0.1, 0.15) is 0 Å². The van der Waals surface area contributed by atoms with Crippen molar-refractivity contribution in [3.05, 3.63) is 35.9 Å². The molecule has 1 aromatic carbocycles. The van der Waals surface area contributed by atoms with E-state index < -0.39 is 0 Å². The predicted molar refractivity (Wildman–Crippen MR) is 71.0 cm³/mol. The summed E-state index contributed by atoms with van der Waals surface area (Å²) in [4.78, 5) is 11.4. The van der Waals surface area contributed by atoms with Gasteiger partial charge < -0.3 is 10.1 Å². The van der Waals surface area contributed by atoms with Crippen LogP contribution in [-0.4, -0.2) is 19.1 Å². The number of benzene rings is 1. The summed E-state index contributed by atoms with van der Waals surface area (Å²) in [5.41, 5.74) is 1.31. The summed E-state index contributed by atoms with van der Waals surface area (Å²) in [5.74, 6) is 0.0706. The minimum Gasteiger partial charge on any atom is -0.469 e. The van der Waals surface area contributed by atoms with E-state index in [-0.39, 0.29) is 11.9 Å². The molecule has 1 aliphatic carbocycles. The summed E-state index contributed by atoms with van der Waals surface area (Å²) in [6.45, 7) is 0.911. The number of nitrogens with one attached hydrogen (secondary N) is 1. The summed E-state index contributed by atoms with van der Waals surface area (Å²) in [6.07, 6.45) is 4.01. The summed E-state index contributed by atoms with van der Waals surface area (Å²) < 4.78 is 4.79. The zero-order valence-electron chi connectivity index (χ0n) is 10.9. The number of methoxy groups -OCH3 is 1. The Morgan fingerprint density at radius 1 is 1.22 bits per heavy atom. The second-order valence-corrected chi connectivity index (χ2v) is 4.94. The van der Waals surface area contributed by atoms with Crippen LogP contribution in [0.2, 0.25) is 0 Å². The van der Waals surface area contributed by atoms with Gasteiger partial charge in [-0.05, 0) is 31.2 Å². The van der Waals surface area contributed by atoms with Crippen molar-refractivity contribution in [2.75, 3.05) is 7.11 Å². The number of hydrogen-bond acceptors (Lipinski definition) is 3. The van der Waals surface area contributed by atoms with E-state index in [1.165, 1.54) is 12.7 Å². The Kier molecular flexibility index (Phi) is 4.76. The second-order valence-electron chi connectivity index (χ2n) is 4.94. The fourth-order valence-corrected chi connectivity index (χ4v) is 2.56. The van der Waals surface area contributed by atoms with Gasteiger partial charge in [0.15, 0.2) is 0 Å². The normalized spacial score (nSPS) is 23.6. The number of esters is 1. The SMILES string of the molecule is COC(=O)C1CCC(NCc2ccccc2)CC1. The van der Waals surface area contributed by atoms with Crippen LogP contribution in [0.5, 0.6) is 0 Å². The average molecular weight is 247 g/mol. The van der Waals surface area contributed by atoms with E-state index in [0.29, 0.717) is 6.04 Å². The fraction of sp³-hybridized carbons (Fsp3) is 0.533. The van der Waals surface area contributed by atoms with Crippen LogP contribution in [0.1, 0.15) is 31.2 Å². The Labute approximate surface area is 109 Å². The highest BCUT2D eigenvalue weighted by atomic mass is 16.5. The summed E-state index contributed by atoms with van der Waals surface area (Å²) in [5, 5.41) is 3.56. The zero-order valence-corrected chi connectivity index (χ0v) is 10.9. The van der Waals surface area contributed by atoms with Crippen molar-refractivity contribution < 1.29 is 9.53 Å². The molecular weight excluding hydrogens is 226 g/mol. The molecule has 3 heteroatoms. The highest BCUT2D eigenvalue weighted by molar-refractivity contribution is 5.72. The van der Waals surface area contributed by atoms with E-state index in [1.807, 2.05) is 6.07 Å². The Hall–Kier alpha value is -1.35. The lowest BCUT2D eigenvalue weighted by Gasteiger charge is -2.27. The maximum Gasteiger partial charge on any atom is 0.308 e. The molecule has 0 aliphatic heterocycles. The molecule has 1 saturated carbocycles. The summed E-state index contributed by atoms with van der Waals surface area (Å²) >= 11 is 0. The molecule has 1 aliphatic rings. The first kappa shape index (κ1) is 13.1. The fourth-order valence-electron chi connectivity index (χ4n) is 2.56. The van der Waals surface area contributed by atoms with E-state index >= 15 is 0 Å². The number of ether oxygens (including phenoxy) is 1. The van der Waals surface area contributed by atoms with Crippen LogP contribution in [0.25, 0.3) is 0 Å². The van der Waals surface area contributed by atoms with Crippen molar-refractivity contribution in [3.8, 4) is 0 Å². The van der Waals surface area contributed by atoms with Crippen LogP contribution >= 0.6 is 0 Å². The van der Waals surface area contributed by atoms with E-state index in [9.17, 15) is 4.79 Å². The maximum absolute atomic E-state index is 11.4. The smallest absolute Gasteiger partial charge is 0.308 e. The van der Waals surface area contributed by atoms with E-state index in [4.69, 9.17) is 4.74 Å². The van der Waals surface area contributed by atoms with Gasteiger partial charge in [-0.15, -0.1) is 0 Å². The Morgan fingerprint density at radius 3 is 2.50 bits per heavy atom. The highest BCUT2D eigenvalue weighted by Crippen LogP contribution is 2.25. The first-order valence-electron chi connectivity index (χ1n) is 6.64. The van der Waals surface area contributed by atoms with Gasteiger partial charge in [0.25, 0.3) is 0 Å². The molecule has 0 aromatic heterocycles.